The quantitative estimate of drug-likeness (QED) is 0.782. The van der Waals surface area contributed by atoms with E-state index in [1.54, 1.807) is 0 Å². The fourth-order valence-corrected chi connectivity index (χ4v) is 3.08. The fourth-order valence-electron chi connectivity index (χ4n) is 3.08. The minimum atomic E-state index is 0.144. The van der Waals surface area contributed by atoms with Crippen molar-refractivity contribution in [2.24, 2.45) is 5.92 Å². The van der Waals surface area contributed by atoms with Crippen molar-refractivity contribution in [1.29, 1.82) is 0 Å². The van der Waals surface area contributed by atoms with Gasteiger partial charge in [0.05, 0.1) is 11.8 Å². The molecular formula is C17H28N2O. The highest BCUT2D eigenvalue weighted by Gasteiger charge is 2.23. The van der Waals surface area contributed by atoms with Crippen molar-refractivity contribution >= 4 is 11.4 Å². The Balaban J connectivity index is 2.08. The number of hydrogen-bond donors (Lipinski definition) is 2. The number of ether oxygens (including phenoxy) is 1. The zero-order valence-electron chi connectivity index (χ0n) is 13.0. The molecule has 3 N–H and O–H groups in total. The topological polar surface area (TPSA) is 47.3 Å². The van der Waals surface area contributed by atoms with Gasteiger partial charge in [-0.3, -0.25) is 0 Å². The van der Waals surface area contributed by atoms with E-state index < -0.39 is 0 Å². The lowest BCUT2D eigenvalue weighted by atomic mass is 9.83. The minimum absolute atomic E-state index is 0.144. The largest absolute Gasteiger partial charge is 0.489 e. The van der Waals surface area contributed by atoms with Gasteiger partial charge in [-0.15, -0.1) is 0 Å². The van der Waals surface area contributed by atoms with Crippen molar-refractivity contribution in [1.82, 2.24) is 0 Å². The molecule has 3 nitrogen and oxygen atoms in total. The van der Waals surface area contributed by atoms with Gasteiger partial charge in [0.2, 0.25) is 0 Å². The van der Waals surface area contributed by atoms with Gasteiger partial charge in [-0.1, -0.05) is 26.2 Å². The van der Waals surface area contributed by atoms with Gasteiger partial charge in [0.1, 0.15) is 5.75 Å². The van der Waals surface area contributed by atoms with Gasteiger partial charge in [0, 0.05) is 17.8 Å². The van der Waals surface area contributed by atoms with Crippen molar-refractivity contribution in [2.45, 2.75) is 65.0 Å². The average molecular weight is 276 g/mol. The van der Waals surface area contributed by atoms with E-state index in [2.05, 4.69) is 18.3 Å². The predicted octanol–water partition coefficient (Wildman–Crippen LogP) is 4.44. The molecule has 0 spiro atoms. The third-order valence-corrected chi connectivity index (χ3v) is 4.16. The van der Waals surface area contributed by atoms with Gasteiger partial charge < -0.3 is 15.8 Å². The Hall–Kier alpha value is -1.38. The second-order valence-electron chi connectivity index (χ2n) is 6.12. The fraction of sp³-hybridized carbons (Fsp3) is 0.647. The molecule has 2 atom stereocenters. The molecular weight excluding hydrogens is 248 g/mol. The molecule has 0 saturated heterocycles. The van der Waals surface area contributed by atoms with E-state index in [0.717, 1.165) is 17.4 Å². The summed E-state index contributed by atoms with van der Waals surface area (Å²) in [7, 11) is 0. The number of hydrogen-bond acceptors (Lipinski definition) is 3. The third kappa shape index (κ3) is 3.81. The van der Waals surface area contributed by atoms with Crippen molar-refractivity contribution in [3.8, 4) is 5.75 Å². The lowest BCUT2D eigenvalue weighted by Gasteiger charge is -2.32. The maximum atomic E-state index is 5.97. The molecule has 1 saturated carbocycles. The summed E-state index contributed by atoms with van der Waals surface area (Å²) in [5.74, 6) is 1.57. The molecule has 1 aromatic carbocycles. The molecule has 2 unspecified atom stereocenters. The highest BCUT2D eigenvalue weighted by atomic mass is 16.5. The molecule has 0 amide bonds. The van der Waals surface area contributed by atoms with Crippen LogP contribution in [0.25, 0.3) is 0 Å². The first-order chi connectivity index (χ1) is 9.60. The lowest BCUT2D eigenvalue weighted by molar-refractivity contribution is 0.244. The van der Waals surface area contributed by atoms with Crippen LogP contribution < -0.4 is 15.8 Å². The maximum absolute atomic E-state index is 5.97. The Morgan fingerprint density at radius 1 is 1.30 bits per heavy atom. The number of anilines is 2. The number of rotatable bonds is 5. The average Bonchev–Trinajstić information content (AvgIpc) is 2.42. The Morgan fingerprint density at radius 2 is 2.05 bits per heavy atom. The van der Waals surface area contributed by atoms with E-state index in [9.17, 15) is 0 Å². The summed E-state index contributed by atoms with van der Waals surface area (Å²) >= 11 is 0. The van der Waals surface area contributed by atoms with Crippen LogP contribution in [-0.4, -0.2) is 12.1 Å². The molecule has 0 heterocycles. The normalized spacial score (nSPS) is 22.8. The van der Waals surface area contributed by atoms with E-state index in [1.165, 1.54) is 32.1 Å². The Labute approximate surface area is 122 Å². The summed E-state index contributed by atoms with van der Waals surface area (Å²) in [6, 6.07) is 6.62. The first-order valence-electron chi connectivity index (χ1n) is 7.93. The van der Waals surface area contributed by atoms with Gasteiger partial charge in [-0.2, -0.15) is 0 Å². The van der Waals surface area contributed by atoms with Crippen LogP contribution >= 0.6 is 0 Å². The molecule has 2 rings (SSSR count). The van der Waals surface area contributed by atoms with E-state index in [1.807, 2.05) is 26.0 Å². The summed E-state index contributed by atoms with van der Waals surface area (Å²) < 4.78 is 5.76. The first-order valence-corrected chi connectivity index (χ1v) is 7.93. The van der Waals surface area contributed by atoms with Crippen LogP contribution in [0, 0.1) is 5.92 Å². The lowest BCUT2D eigenvalue weighted by Crippen LogP contribution is -2.31. The summed E-state index contributed by atoms with van der Waals surface area (Å²) in [6.07, 6.45) is 6.72. The molecule has 1 fully saturated rings. The molecule has 1 aromatic rings. The van der Waals surface area contributed by atoms with Crippen molar-refractivity contribution in [2.75, 3.05) is 11.1 Å². The Kier molecular flexibility index (Phi) is 5.16. The molecule has 0 aromatic heterocycles. The number of nitrogens with one attached hydrogen (secondary N) is 1. The minimum Gasteiger partial charge on any atom is -0.489 e. The van der Waals surface area contributed by atoms with Crippen molar-refractivity contribution in [3.63, 3.8) is 0 Å². The standard InChI is InChI=1S/C17H28N2O/c1-4-13-7-5-6-8-16(13)19-14-9-10-15(18)17(11-14)20-12(2)3/h9-13,16,19H,4-8,18H2,1-3H3. The van der Waals surface area contributed by atoms with Gasteiger partial charge in [0.25, 0.3) is 0 Å². The predicted molar refractivity (Wildman–Crippen MR) is 86.3 cm³/mol. The maximum Gasteiger partial charge on any atom is 0.144 e. The molecule has 20 heavy (non-hydrogen) atoms. The Bertz CT molecular complexity index is 431. The van der Waals surface area contributed by atoms with Gasteiger partial charge in [0.15, 0.2) is 0 Å². The van der Waals surface area contributed by atoms with Crippen LogP contribution in [0.2, 0.25) is 0 Å². The summed E-state index contributed by atoms with van der Waals surface area (Å²) in [6.45, 7) is 6.34. The SMILES string of the molecule is CCC1CCCCC1Nc1ccc(N)c(OC(C)C)c1. The zero-order valence-corrected chi connectivity index (χ0v) is 13.0. The third-order valence-electron chi connectivity index (χ3n) is 4.16. The highest BCUT2D eigenvalue weighted by molar-refractivity contribution is 5.61. The van der Waals surface area contributed by atoms with Crippen LogP contribution in [-0.2, 0) is 0 Å². The molecule has 3 heteroatoms. The molecule has 1 aliphatic rings. The molecule has 112 valence electrons. The summed E-state index contributed by atoms with van der Waals surface area (Å²) in [4.78, 5) is 0. The van der Waals surface area contributed by atoms with E-state index in [0.29, 0.717) is 11.7 Å². The first kappa shape index (κ1) is 15.0. The smallest absolute Gasteiger partial charge is 0.144 e. The molecule has 0 bridgehead atoms. The summed E-state index contributed by atoms with van der Waals surface area (Å²) in [5.41, 5.74) is 7.81. The van der Waals surface area contributed by atoms with Crippen LogP contribution in [0.3, 0.4) is 0 Å². The van der Waals surface area contributed by atoms with E-state index in [-0.39, 0.29) is 6.10 Å². The highest BCUT2D eigenvalue weighted by Crippen LogP contribution is 2.32. The van der Waals surface area contributed by atoms with Gasteiger partial charge in [-0.05, 0) is 44.7 Å². The van der Waals surface area contributed by atoms with Crippen LogP contribution in [0.5, 0.6) is 5.75 Å². The van der Waals surface area contributed by atoms with E-state index >= 15 is 0 Å². The van der Waals surface area contributed by atoms with Crippen molar-refractivity contribution < 1.29 is 4.74 Å². The molecule has 1 aliphatic carbocycles. The van der Waals surface area contributed by atoms with Gasteiger partial charge >= 0.3 is 0 Å². The monoisotopic (exact) mass is 276 g/mol. The summed E-state index contributed by atoms with van der Waals surface area (Å²) in [5, 5.41) is 3.69. The van der Waals surface area contributed by atoms with Crippen LogP contribution in [0.4, 0.5) is 11.4 Å². The van der Waals surface area contributed by atoms with Crippen LogP contribution in [0.1, 0.15) is 52.9 Å². The second kappa shape index (κ2) is 6.87. The van der Waals surface area contributed by atoms with Crippen LogP contribution in [0.15, 0.2) is 18.2 Å². The second-order valence-corrected chi connectivity index (χ2v) is 6.12. The number of nitrogen functional groups attached to an aromatic ring is 1. The number of nitrogens with two attached hydrogens (primary N) is 1. The van der Waals surface area contributed by atoms with Gasteiger partial charge in [-0.25, -0.2) is 0 Å². The number of benzene rings is 1. The zero-order chi connectivity index (χ0) is 14.5. The molecule has 0 radical (unpaired) electrons. The van der Waals surface area contributed by atoms with E-state index in [4.69, 9.17) is 10.5 Å². The molecule has 0 aliphatic heterocycles. The Morgan fingerprint density at radius 3 is 2.75 bits per heavy atom. The van der Waals surface area contributed by atoms with Crippen molar-refractivity contribution in [3.05, 3.63) is 18.2 Å².